The molecule has 1 aromatic rings. The van der Waals surface area contributed by atoms with Gasteiger partial charge in [-0.1, -0.05) is 26.7 Å². The van der Waals surface area contributed by atoms with E-state index < -0.39 is 0 Å². The number of rotatable bonds is 4. The van der Waals surface area contributed by atoms with Crippen molar-refractivity contribution < 1.29 is 9.59 Å². The maximum atomic E-state index is 12.5. The van der Waals surface area contributed by atoms with E-state index in [9.17, 15) is 9.59 Å². The summed E-state index contributed by atoms with van der Waals surface area (Å²) in [6.45, 7) is 8.77. The van der Waals surface area contributed by atoms with Gasteiger partial charge in [0.1, 0.15) is 0 Å². The first-order chi connectivity index (χ1) is 11.4. The first-order valence-electron chi connectivity index (χ1n) is 8.82. The Morgan fingerprint density at radius 2 is 1.92 bits per heavy atom. The van der Waals surface area contributed by atoms with Gasteiger partial charge in [-0.15, -0.1) is 0 Å². The van der Waals surface area contributed by atoms with E-state index in [-0.39, 0.29) is 17.1 Å². The quantitative estimate of drug-likeness (QED) is 0.727. The lowest BCUT2D eigenvalue weighted by Crippen LogP contribution is -2.31. The molecule has 0 unspecified atom stereocenters. The van der Waals surface area contributed by atoms with Gasteiger partial charge >= 0.3 is 0 Å². The lowest BCUT2D eigenvalue weighted by atomic mass is 10.2. The fraction of sp³-hybridized carbons (Fsp3) is 0.579. The van der Waals surface area contributed by atoms with E-state index in [1.54, 1.807) is 0 Å². The van der Waals surface area contributed by atoms with Crippen molar-refractivity contribution in [3.8, 4) is 0 Å². The highest BCUT2D eigenvalue weighted by molar-refractivity contribution is 8.18. The van der Waals surface area contributed by atoms with E-state index in [1.165, 1.54) is 42.0 Å². The Morgan fingerprint density at radius 3 is 2.54 bits per heavy atom. The summed E-state index contributed by atoms with van der Waals surface area (Å²) in [6, 6.07) is 2.73. The maximum absolute atomic E-state index is 12.5. The zero-order chi connectivity index (χ0) is 17.4. The Kier molecular flexibility index (Phi) is 4.90. The number of carbonyl (C=O) groups excluding carboxylic acids is 2. The zero-order valence-electron chi connectivity index (χ0n) is 15.0. The van der Waals surface area contributed by atoms with Gasteiger partial charge < -0.3 is 4.57 Å². The molecule has 0 spiro atoms. The second-order valence-electron chi connectivity index (χ2n) is 7.32. The predicted octanol–water partition coefficient (Wildman–Crippen LogP) is 4.91. The lowest BCUT2D eigenvalue weighted by Gasteiger charge is -2.17. The summed E-state index contributed by atoms with van der Waals surface area (Å²) in [7, 11) is 0. The number of hydrogen-bond acceptors (Lipinski definition) is 3. The summed E-state index contributed by atoms with van der Waals surface area (Å²) >= 11 is 1.06. The van der Waals surface area contributed by atoms with Crippen LogP contribution in [0.2, 0.25) is 0 Å². The summed E-state index contributed by atoms with van der Waals surface area (Å²) in [5, 5.41) is -0.149. The molecule has 0 N–H and O–H groups in total. The van der Waals surface area contributed by atoms with Crippen molar-refractivity contribution in [2.45, 2.75) is 59.4 Å². The predicted molar refractivity (Wildman–Crippen MR) is 98.9 cm³/mol. The van der Waals surface area contributed by atoms with E-state index in [4.69, 9.17) is 0 Å². The molecular weight excluding hydrogens is 320 g/mol. The molecule has 2 amide bonds. The van der Waals surface area contributed by atoms with Gasteiger partial charge in [-0.25, -0.2) is 0 Å². The van der Waals surface area contributed by atoms with Crippen LogP contribution in [-0.2, 0) is 4.79 Å². The molecule has 1 aliphatic heterocycles. The van der Waals surface area contributed by atoms with Gasteiger partial charge in [0.2, 0.25) is 0 Å². The van der Waals surface area contributed by atoms with Crippen LogP contribution >= 0.6 is 11.8 Å². The van der Waals surface area contributed by atoms with Crippen molar-refractivity contribution in [2.24, 2.45) is 5.92 Å². The van der Waals surface area contributed by atoms with E-state index >= 15 is 0 Å². The summed E-state index contributed by atoms with van der Waals surface area (Å²) < 4.78 is 2.41. The first-order valence-corrected chi connectivity index (χ1v) is 9.64. The van der Waals surface area contributed by atoms with Gasteiger partial charge in [-0.05, 0) is 62.1 Å². The Labute approximate surface area is 148 Å². The number of aryl methyl sites for hydroxylation is 1. The number of carbonyl (C=O) groups is 2. The fourth-order valence-corrected chi connectivity index (χ4v) is 4.68. The largest absolute Gasteiger partial charge is 0.346 e. The van der Waals surface area contributed by atoms with Crippen LogP contribution in [0.25, 0.3) is 6.08 Å². The molecule has 1 saturated heterocycles. The average molecular weight is 346 g/mol. The molecule has 4 nitrogen and oxygen atoms in total. The second kappa shape index (κ2) is 6.79. The van der Waals surface area contributed by atoms with Crippen LogP contribution in [0.15, 0.2) is 11.0 Å². The first kappa shape index (κ1) is 17.3. The number of hydrogen-bond donors (Lipinski definition) is 0. The number of thioether (sulfide) groups is 1. The molecule has 0 atom stereocenters. The molecule has 3 rings (SSSR count). The van der Waals surface area contributed by atoms with E-state index in [0.29, 0.717) is 17.5 Å². The van der Waals surface area contributed by atoms with E-state index in [2.05, 4.69) is 24.5 Å². The molecule has 24 heavy (non-hydrogen) atoms. The smallest absolute Gasteiger partial charge is 0.293 e. The van der Waals surface area contributed by atoms with Gasteiger partial charge in [0.05, 0.1) is 4.91 Å². The minimum Gasteiger partial charge on any atom is -0.346 e. The van der Waals surface area contributed by atoms with Gasteiger partial charge in [-0.3, -0.25) is 14.5 Å². The van der Waals surface area contributed by atoms with Gasteiger partial charge in [0.25, 0.3) is 11.1 Å². The van der Waals surface area contributed by atoms with Crippen LogP contribution in [0.5, 0.6) is 0 Å². The van der Waals surface area contributed by atoms with Crippen molar-refractivity contribution in [3.63, 3.8) is 0 Å². The highest BCUT2D eigenvalue weighted by Gasteiger charge is 2.35. The van der Waals surface area contributed by atoms with Crippen LogP contribution in [0.4, 0.5) is 4.79 Å². The molecule has 5 heteroatoms. The highest BCUT2D eigenvalue weighted by atomic mass is 32.2. The van der Waals surface area contributed by atoms with Crippen molar-refractivity contribution in [1.82, 2.24) is 9.47 Å². The molecular formula is C19H26N2O2S. The zero-order valence-corrected chi connectivity index (χ0v) is 15.8. The normalized spacial score (nSPS) is 21.0. The molecule has 2 aliphatic rings. The third-order valence-corrected chi connectivity index (χ3v) is 5.83. The monoisotopic (exact) mass is 346 g/mol. The van der Waals surface area contributed by atoms with Crippen LogP contribution in [-0.4, -0.2) is 27.2 Å². The highest BCUT2D eigenvalue weighted by Crippen LogP contribution is 2.36. The summed E-state index contributed by atoms with van der Waals surface area (Å²) in [6.07, 6.45) is 6.97. The van der Waals surface area contributed by atoms with Gasteiger partial charge in [0, 0.05) is 24.0 Å². The molecule has 0 aromatic carbocycles. The van der Waals surface area contributed by atoms with Crippen molar-refractivity contribution >= 4 is 29.0 Å². The molecule has 130 valence electrons. The number of imide groups is 1. The van der Waals surface area contributed by atoms with Gasteiger partial charge in [0.15, 0.2) is 0 Å². The summed E-state index contributed by atoms with van der Waals surface area (Å²) in [5.74, 6) is 0.134. The molecule has 1 saturated carbocycles. The Hall–Kier alpha value is -1.49. The van der Waals surface area contributed by atoms with Gasteiger partial charge in [-0.2, -0.15) is 0 Å². The Bertz CT molecular complexity index is 696. The Morgan fingerprint density at radius 1 is 1.25 bits per heavy atom. The molecule has 2 heterocycles. The van der Waals surface area contributed by atoms with Crippen LogP contribution in [0.3, 0.4) is 0 Å². The molecule has 2 fully saturated rings. The standard InChI is InChI=1S/C19H26N2O2S/c1-12(2)11-20-18(22)17(24-19(20)23)10-15-9-13(3)21(14(15)4)16-7-5-6-8-16/h9-10,12,16H,5-8,11H2,1-4H3/b17-10-. The van der Waals surface area contributed by atoms with Crippen LogP contribution in [0, 0.1) is 19.8 Å². The maximum Gasteiger partial charge on any atom is 0.293 e. The number of aromatic nitrogens is 1. The number of nitrogens with zero attached hydrogens (tertiary/aromatic N) is 2. The topological polar surface area (TPSA) is 42.3 Å². The van der Waals surface area contributed by atoms with Crippen molar-refractivity contribution in [3.05, 3.63) is 27.9 Å². The minimum absolute atomic E-state index is 0.149. The number of amides is 2. The Balaban J connectivity index is 1.88. The third kappa shape index (κ3) is 3.18. The van der Waals surface area contributed by atoms with E-state index in [0.717, 1.165) is 17.3 Å². The van der Waals surface area contributed by atoms with Crippen LogP contribution in [0.1, 0.15) is 62.5 Å². The SMILES string of the molecule is Cc1cc(/C=C2\SC(=O)N(CC(C)C)C2=O)c(C)n1C1CCCC1. The molecule has 1 aromatic heterocycles. The lowest BCUT2D eigenvalue weighted by molar-refractivity contribution is -0.123. The van der Waals surface area contributed by atoms with Crippen LogP contribution < -0.4 is 0 Å². The molecule has 1 aliphatic carbocycles. The van der Waals surface area contributed by atoms with Crippen molar-refractivity contribution in [2.75, 3.05) is 6.54 Å². The summed E-state index contributed by atoms with van der Waals surface area (Å²) in [4.78, 5) is 26.6. The van der Waals surface area contributed by atoms with E-state index in [1.807, 2.05) is 19.9 Å². The average Bonchev–Trinajstić information content (AvgIpc) is 3.17. The second-order valence-corrected chi connectivity index (χ2v) is 8.31. The molecule has 0 radical (unpaired) electrons. The summed E-state index contributed by atoms with van der Waals surface area (Å²) in [5.41, 5.74) is 3.51. The fourth-order valence-electron chi connectivity index (χ4n) is 3.84. The van der Waals surface area contributed by atoms with Crippen molar-refractivity contribution in [1.29, 1.82) is 0 Å². The molecule has 0 bridgehead atoms. The third-order valence-electron chi connectivity index (χ3n) is 4.92. The minimum atomic E-state index is -0.149.